The maximum Gasteiger partial charge on any atom is 0.256 e. The lowest BCUT2D eigenvalue weighted by molar-refractivity contribution is 0.0935. The van der Waals surface area contributed by atoms with Gasteiger partial charge in [-0.1, -0.05) is 17.7 Å². The van der Waals surface area contributed by atoms with Gasteiger partial charge in [0.25, 0.3) is 5.91 Å². The van der Waals surface area contributed by atoms with Gasteiger partial charge in [-0.2, -0.15) is 0 Å². The lowest BCUT2D eigenvalue weighted by atomic mass is 10.0. The van der Waals surface area contributed by atoms with E-state index in [4.69, 9.17) is 21.1 Å². The fourth-order valence-corrected chi connectivity index (χ4v) is 6.23. The van der Waals surface area contributed by atoms with Crippen molar-refractivity contribution in [3.8, 4) is 11.5 Å². The van der Waals surface area contributed by atoms with E-state index >= 15 is 0 Å². The summed E-state index contributed by atoms with van der Waals surface area (Å²) in [5.74, 6) is 1.42. The van der Waals surface area contributed by atoms with Gasteiger partial charge >= 0.3 is 0 Å². The highest BCUT2D eigenvalue weighted by atomic mass is 79.9. The lowest BCUT2D eigenvalue weighted by Gasteiger charge is -2.27. The number of hydrogen-bond donors (Lipinski definition) is 2. The number of thiophene rings is 1. The summed E-state index contributed by atoms with van der Waals surface area (Å²) in [6.07, 6.45) is 2.89. The van der Waals surface area contributed by atoms with E-state index in [-0.39, 0.29) is 12.1 Å². The Morgan fingerprint density at radius 2 is 2.00 bits per heavy atom. The van der Waals surface area contributed by atoms with Gasteiger partial charge in [-0.15, -0.1) is 11.3 Å². The van der Waals surface area contributed by atoms with Gasteiger partial charge in [-0.3, -0.25) is 4.79 Å². The highest BCUT2D eigenvalue weighted by Crippen LogP contribution is 2.42. The summed E-state index contributed by atoms with van der Waals surface area (Å²) < 4.78 is 12.3. The van der Waals surface area contributed by atoms with Gasteiger partial charge in [0.2, 0.25) is 0 Å². The third-order valence-electron chi connectivity index (χ3n) is 5.61. The van der Waals surface area contributed by atoms with E-state index in [0.29, 0.717) is 17.4 Å². The smallest absolute Gasteiger partial charge is 0.256 e. The average molecular weight is 520 g/mol. The molecule has 1 aromatic heterocycles. The molecule has 1 amide bonds. The Labute approximate surface area is 197 Å². The largest absolute Gasteiger partial charge is 0.496 e. The van der Waals surface area contributed by atoms with E-state index in [2.05, 4.69) is 26.6 Å². The van der Waals surface area contributed by atoms with Crippen LogP contribution < -0.4 is 20.1 Å². The standard InChI is InChI=1S/C23H20BrClN2O3S/c1-29-17-7-5-12(9-13(17)11-30-18-8-6-14(25)10-16(18)24)21-26-22(28)20-15-3-2-4-19(15)31-23(20)27-21/h5-10,21,27H,2-4,11H2,1H3,(H,26,28)/t21-/m0/s1. The van der Waals surface area contributed by atoms with E-state index in [1.165, 1.54) is 10.4 Å². The van der Waals surface area contributed by atoms with Crippen LogP contribution in [-0.2, 0) is 19.4 Å². The van der Waals surface area contributed by atoms with E-state index in [1.54, 1.807) is 30.6 Å². The van der Waals surface area contributed by atoms with Crippen molar-refractivity contribution in [2.75, 3.05) is 12.4 Å². The van der Waals surface area contributed by atoms with Crippen LogP contribution in [0.3, 0.4) is 0 Å². The number of amides is 1. The molecule has 0 spiro atoms. The van der Waals surface area contributed by atoms with Crippen LogP contribution in [0.4, 0.5) is 5.00 Å². The number of anilines is 1. The molecule has 0 radical (unpaired) electrons. The molecule has 2 aromatic carbocycles. The van der Waals surface area contributed by atoms with Crippen molar-refractivity contribution in [2.45, 2.75) is 32.0 Å². The molecular formula is C23H20BrClN2O3S. The van der Waals surface area contributed by atoms with Crippen molar-refractivity contribution in [1.29, 1.82) is 0 Å². The van der Waals surface area contributed by atoms with E-state index < -0.39 is 0 Å². The number of carbonyl (C=O) groups is 1. The molecule has 160 valence electrons. The first-order chi connectivity index (χ1) is 15.0. The molecule has 0 unspecified atom stereocenters. The van der Waals surface area contributed by atoms with Crippen molar-refractivity contribution in [2.24, 2.45) is 0 Å². The van der Waals surface area contributed by atoms with Crippen LogP contribution in [0, 0.1) is 0 Å². The Hall–Kier alpha value is -2.22. The molecule has 0 saturated heterocycles. The van der Waals surface area contributed by atoms with Gasteiger partial charge in [0.1, 0.15) is 29.3 Å². The molecule has 2 aliphatic rings. The number of methoxy groups -OCH3 is 1. The lowest BCUT2D eigenvalue weighted by Crippen LogP contribution is -2.38. The second-order valence-electron chi connectivity index (χ2n) is 7.55. The molecular weight excluding hydrogens is 500 g/mol. The molecule has 3 aromatic rings. The first kappa shape index (κ1) is 20.7. The number of nitrogens with one attached hydrogen (secondary N) is 2. The predicted octanol–water partition coefficient (Wildman–Crippen LogP) is 6.09. The number of carbonyl (C=O) groups excluding carboxylic acids is 1. The minimum absolute atomic E-state index is 0.00290. The molecule has 2 heterocycles. The summed E-state index contributed by atoms with van der Waals surface area (Å²) in [7, 11) is 1.64. The molecule has 5 nitrogen and oxygen atoms in total. The maximum atomic E-state index is 12.9. The fourth-order valence-electron chi connectivity index (χ4n) is 4.12. The number of hydrogen-bond acceptors (Lipinski definition) is 5. The summed E-state index contributed by atoms with van der Waals surface area (Å²) in [5.41, 5.74) is 3.89. The zero-order valence-corrected chi connectivity index (χ0v) is 19.9. The van der Waals surface area contributed by atoms with E-state index in [1.807, 2.05) is 24.3 Å². The van der Waals surface area contributed by atoms with Crippen molar-refractivity contribution in [3.05, 3.63) is 73.0 Å². The summed E-state index contributed by atoms with van der Waals surface area (Å²) in [5, 5.41) is 8.23. The van der Waals surface area contributed by atoms with Gasteiger partial charge in [0.15, 0.2) is 0 Å². The third-order valence-corrected chi connectivity index (χ3v) is 7.69. The van der Waals surface area contributed by atoms with Crippen molar-refractivity contribution in [1.82, 2.24) is 5.32 Å². The average Bonchev–Trinajstić information content (AvgIpc) is 3.34. The van der Waals surface area contributed by atoms with Gasteiger partial charge < -0.3 is 20.1 Å². The Morgan fingerprint density at radius 3 is 2.81 bits per heavy atom. The highest BCUT2D eigenvalue weighted by molar-refractivity contribution is 9.10. The van der Waals surface area contributed by atoms with Gasteiger partial charge in [0.05, 0.1) is 17.1 Å². The van der Waals surface area contributed by atoms with E-state index in [0.717, 1.165) is 51.2 Å². The maximum absolute atomic E-state index is 12.9. The second kappa shape index (κ2) is 8.37. The quantitative estimate of drug-likeness (QED) is 0.428. The van der Waals surface area contributed by atoms with Gasteiger partial charge in [-0.05, 0) is 76.7 Å². The summed E-state index contributed by atoms with van der Waals surface area (Å²) in [6.45, 7) is 0.316. The molecule has 2 N–H and O–H groups in total. The number of aryl methyl sites for hydroxylation is 1. The summed E-state index contributed by atoms with van der Waals surface area (Å²) >= 11 is 11.2. The minimum Gasteiger partial charge on any atom is -0.496 e. The van der Waals surface area contributed by atoms with Crippen molar-refractivity contribution < 1.29 is 14.3 Å². The number of benzene rings is 2. The monoisotopic (exact) mass is 518 g/mol. The van der Waals surface area contributed by atoms with Gasteiger partial charge in [0, 0.05) is 15.5 Å². The molecule has 31 heavy (non-hydrogen) atoms. The molecule has 0 saturated carbocycles. The van der Waals surface area contributed by atoms with Crippen LogP contribution in [0.1, 0.15) is 44.5 Å². The van der Waals surface area contributed by atoms with Crippen LogP contribution in [0.15, 0.2) is 40.9 Å². The Balaban J connectivity index is 1.39. The van der Waals surface area contributed by atoms with Gasteiger partial charge in [-0.25, -0.2) is 0 Å². The zero-order chi connectivity index (χ0) is 21.5. The van der Waals surface area contributed by atoms with Crippen LogP contribution in [0.5, 0.6) is 11.5 Å². The van der Waals surface area contributed by atoms with Crippen LogP contribution >= 0.6 is 38.9 Å². The first-order valence-electron chi connectivity index (χ1n) is 10.00. The van der Waals surface area contributed by atoms with Crippen molar-refractivity contribution in [3.63, 3.8) is 0 Å². The number of fused-ring (bicyclic) bond motifs is 3. The van der Waals surface area contributed by atoms with Crippen LogP contribution in [0.25, 0.3) is 0 Å². The Bertz CT molecular complexity index is 1180. The highest BCUT2D eigenvalue weighted by Gasteiger charge is 2.32. The molecule has 1 atom stereocenters. The molecule has 0 bridgehead atoms. The fraction of sp³-hybridized carbons (Fsp3) is 0.261. The topological polar surface area (TPSA) is 59.6 Å². The molecule has 1 aliphatic carbocycles. The van der Waals surface area contributed by atoms with Crippen LogP contribution in [0.2, 0.25) is 5.02 Å². The summed E-state index contributed by atoms with van der Waals surface area (Å²) in [6, 6.07) is 11.3. The van der Waals surface area contributed by atoms with Crippen molar-refractivity contribution >= 4 is 49.8 Å². The number of rotatable bonds is 5. The summed E-state index contributed by atoms with van der Waals surface area (Å²) in [4.78, 5) is 14.2. The Kier molecular flexibility index (Phi) is 5.58. The predicted molar refractivity (Wildman–Crippen MR) is 127 cm³/mol. The number of halogens is 2. The van der Waals surface area contributed by atoms with E-state index in [9.17, 15) is 4.79 Å². The molecule has 5 rings (SSSR count). The SMILES string of the molecule is COc1ccc([C@H]2NC(=O)c3c(sc4c3CCC4)N2)cc1COc1ccc(Cl)cc1Br. The Morgan fingerprint density at radius 1 is 1.16 bits per heavy atom. The molecule has 0 fully saturated rings. The minimum atomic E-state index is -0.300. The zero-order valence-electron chi connectivity index (χ0n) is 16.8. The molecule has 1 aliphatic heterocycles. The normalized spacial score (nSPS) is 16.9. The van der Waals surface area contributed by atoms with Crippen LogP contribution in [-0.4, -0.2) is 13.0 Å². The first-order valence-corrected chi connectivity index (χ1v) is 12.0. The second-order valence-corrected chi connectivity index (χ2v) is 9.94. The number of ether oxygens (including phenoxy) is 2. The molecule has 8 heteroatoms. The third kappa shape index (κ3) is 3.90.